The summed E-state index contributed by atoms with van der Waals surface area (Å²) in [7, 11) is 4.25. The Hall–Kier alpha value is -0.300. The summed E-state index contributed by atoms with van der Waals surface area (Å²) in [6.07, 6.45) is 14.1. The molecule has 0 aromatic carbocycles. The molecule has 1 heteroatoms. The molecule has 84 valence electrons. The first-order valence-electron chi connectivity index (χ1n) is 6.07. The SMILES string of the molecule is CCCCCCCC=CCCN(C)C. The lowest BCUT2D eigenvalue weighted by molar-refractivity contribution is 0.417. The summed E-state index contributed by atoms with van der Waals surface area (Å²) in [5.41, 5.74) is 0. The predicted molar refractivity (Wildman–Crippen MR) is 65.7 cm³/mol. The van der Waals surface area contributed by atoms with Crippen molar-refractivity contribution in [3.63, 3.8) is 0 Å². The van der Waals surface area contributed by atoms with Crippen LogP contribution in [-0.2, 0) is 0 Å². The monoisotopic (exact) mass is 197 g/mol. The first-order valence-corrected chi connectivity index (χ1v) is 6.07. The van der Waals surface area contributed by atoms with Crippen molar-refractivity contribution >= 4 is 0 Å². The molecule has 0 saturated carbocycles. The molecule has 0 N–H and O–H groups in total. The smallest absolute Gasteiger partial charge is 0.000980 e. The first kappa shape index (κ1) is 13.7. The van der Waals surface area contributed by atoms with Crippen LogP contribution in [0.5, 0.6) is 0 Å². The molecule has 0 amide bonds. The Morgan fingerprint density at radius 2 is 1.50 bits per heavy atom. The van der Waals surface area contributed by atoms with Crippen molar-refractivity contribution in [2.45, 2.75) is 51.9 Å². The summed E-state index contributed by atoms with van der Waals surface area (Å²) < 4.78 is 0. The van der Waals surface area contributed by atoms with Gasteiger partial charge < -0.3 is 4.90 Å². The molecule has 0 saturated heterocycles. The summed E-state index contributed by atoms with van der Waals surface area (Å²) in [6.45, 7) is 3.44. The van der Waals surface area contributed by atoms with Crippen LogP contribution in [0.4, 0.5) is 0 Å². The minimum Gasteiger partial charge on any atom is -0.309 e. The van der Waals surface area contributed by atoms with Crippen LogP contribution < -0.4 is 0 Å². The molecule has 0 aliphatic carbocycles. The second kappa shape index (κ2) is 10.8. The molecule has 0 spiro atoms. The zero-order chi connectivity index (χ0) is 10.6. The Labute approximate surface area is 90.2 Å². The highest BCUT2D eigenvalue weighted by Crippen LogP contribution is 2.05. The van der Waals surface area contributed by atoms with Crippen LogP contribution in [0.3, 0.4) is 0 Å². The average Bonchev–Trinajstić information content (AvgIpc) is 2.15. The second-order valence-electron chi connectivity index (χ2n) is 4.27. The van der Waals surface area contributed by atoms with Gasteiger partial charge in [-0.05, 0) is 33.4 Å². The fourth-order valence-electron chi connectivity index (χ4n) is 1.43. The summed E-state index contributed by atoms with van der Waals surface area (Å²) in [6, 6.07) is 0. The van der Waals surface area contributed by atoms with Gasteiger partial charge >= 0.3 is 0 Å². The lowest BCUT2D eigenvalue weighted by Crippen LogP contribution is -2.11. The number of nitrogens with zero attached hydrogens (tertiary/aromatic N) is 1. The van der Waals surface area contributed by atoms with Crippen molar-refractivity contribution in [1.82, 2.24) is 4.90 Å². The highest BCUT2D eigenvalue weighted by atomic mass is 15.0. The van der Waals surface area contributed by atoms with Crippen molar-refractivity contribution in [3.05, 3.63) is 12.2 Å². The van der Waals surface area contributed by atoms with E-state index in [1.54, 1.807) is 0 Å². The molecule has 0 bridgehead atoms. The molecule has 0 unspecified atom stereocenters. The topological polar surface area (TPSA) is 3.24 Å². The van der Waals surface area contributed by atoms with Gasteiger partial charge in [-0.15, -0.1) is 0 Å². The summed E-state index contributed by atoms with van der Waals surface area (Å²) in [5.74, 6) is 0. The van der Waals surface area contributed by atoms with E-state index in [2.05, 4.69) is 38.1 Å². The number of allylic oxidation sites excluding steroid dienone is 1. The molecule has 14 heavy (non-hydrogen) atoms. The molecular weight excluding hydrogens is 170 g/mol. The van der Waals surface area contributed by atoms with Gasteiger partial charge in [0.25, 0.3) is 0 Å². The molecule has 0 radical (unpaired) electrons. The van der Waals surface area contributed by atoms with Crippen molar-refractivity contribution in [1.29, 1.82) is 0 Å². The Bertz CT molecular complexity index is 127. The highest BCUT2D eigenvalue weighted by Gasteiger charge is 1.87. The summed E-state index contributed by atoms with van der Waals surface area (Å²) >= 11 is 0. The molecule has 0 atom stereocenters. The fraction of sp³-hybridized carbons (Fsp3) is 0.846. The molecule has 0 aliphatic rings. The minimum absolute atomic E-state index is 1.17. The summed E-state index contributed by atoms with van der Waals surface area (Å²) in [5, 5.41) is 0. The van der Waals surface area contributed by atoms with E-state index in [4.69, 9.17) is 0 Å². The normalized spacial score (nSPS) is 11.7. The van der Waals surface area contributed by atoms with E-state index in [9.17, 15) is 0 Å². The third-order valence-electron chi connectivity index (χ3n) is 2.38. The van der Waals surface area contributed by atoms with E-state index in [1.807, 2.05) is 0 Å². The Balaban J connectivity index is 3.03. The van der Waals surface area contributed by atoms with Crippen LogP contribution in [-0.4, -0.2) is 25.5 Å². The lowest BCUT2D eigenvalue weighted by atomic mass is 10.1. The van der Waals surface area contributed by atoms with Gasteiger partial charge in [-0.1, -0.05) is 44.8 Å². The number of rotatable bonds is 9. The second-order valence-corrected chi connectivity index (χ2v) is 4.27. The Kier molecular flexibility index (Phi) is 10.5. The van der Waals surface area contributed by atoms with Crippen LogP contribution in [0.15, 0.2) is 12.2 Å². The quantitative estimate of drug-likeness (QED) is 0.401. The molecule has 0 heterocycles. The van der Waals surface area contributed by atoms with Gasteiger partial charge in [0.05, 0.1) is 0 Å². The van der Waals surface area contributed by atoms with Crippen molar-refractivity contribution in [3.8, 4) is 0 Å². The van der Waals surface area contributed by atoms with Crippen molar-refractivity contribution in [2.24, 2.45) is 0 Å². The molecule has 0 rings (SSSR count). The van der Waals surface area contributed by atoms with Gasteiger partial charge in [-0.3, -0.25) is 0 Å². The number of hydrogen-bond donors (Lipinski definition) is 0. The largest absolute Gasteiger partial charge is 0.309 e. The van der Waals surface area contributed by atoms with E-state index in [0.717, 1.165) is 0 Å². The number of hydrogen-bond acceptors (Lipinski definition) is 1. The fourth-order valence-corrected chi connectivity index (χ4v) is 1.43. The zero-order valence-electron chi connectivity index (χ0n) is 10.3. The molecule has 0 aromatic heterocycles. The van der Waals surface area contributed by atoms with Crippen LogP contribution in [0.25, 0.3) is 0 Å². The molecule has 0 aliphatic heterocycles. The molecule has 0 fully saturated rings. The van der Waals surface area contributed by atoms with Gasteiger partial charge in [0.2, 0.25) is 0 Å². The molecule has 0 aromatic rings. The van der Waals surface area contributed by atoms with Gasteiger partial charge in [0.15, 0.2) is 0 Å². The molecule has 1 nitrogen and oxygen atoms in total. The third kappa shape index (κ3) is 11.7. The van der Waals surface area contributed by atoms with E-state index in [-0.39, 0.29) is 0 Å². The minimum atomic E-state index is 1.17. The number of unbranched alkanes of at least 4 members (excludes halogenated alkanes) is 5. The highest BCUT2D eigenvalue weighted by molar-refractivity contribution is 4.81. The maximum atomic E-state index is 2.34. The van der Waals surface area contributed by atoms with Gasteiger partial charge in [-0.2, -0.15) is 0 Å². The molecular formula is C13H27N. The van der Waals surface area contributed by atoms with E-state index >= 15 is 0 Å². The van der Waals surface area contributed by atoms with Gasteiger partial charge in [-0.25, -0.2) is 0 Å². The van der Waals surface area contributed by atoms with Crippen LogP contribution in [0, 0.1) is 0 Å². The predicted octanol–water partition coefficient (Wildman–Crippen LogP) is 3.85. The van der Waals surface area contributed by atoms with E-state index in [1.165, 1.54) is 51.5 Å². The maximum Gasteiger partial charge on any atom is 0.000980 e. The Morgan fingerprint density at radius 3 is 2.14 bits per heavy atom. The average molecular weight is 197 g/mol. The standard InChI is InChI=1S/C13H27N/c1-4-5-6-7-8-9-10-11-12-13-14(2)3/h10-11H,4-9,12-13H2,1-3H3. The van der Waals surface area contributed by atoms with E-state index in [0.29, 0.717) is 0 Å². The van der Waals surface area contributed by atoms with Crippen molar-refractivity contribution in [2.75, 3.05) is 20.6 Å². The zero-order valence-corrected chi connectivity index (χ0v) is 10.3. The van der Waals surface area contributed by atoms with Gasteiger partial charge in [0.1, 0.15) is 0 Å². The van der Waals surface area contributed by atoms with Crippen LogP contribution in [0.1, 0.15) is 51.9 Å². The maximum absolute atomic E-state index is 2.34. The van der Waals surface area contributed by atoms with Crippen LogP contribution >= 0.6 is 0 Å². The summed E-state index contributed by atoms with van der Waals surface area (Å²) in [4.78, 5) is 2.23. The van der Waals surface area contributed by atoms with Crippen LogP contribution in [0.2, 0.25) is 0 Å². The van der Waals surface area contributed by atoms with E-state index < -0.39 is 0 Å². The van der Waals surface area contributed by atoms with Gasteiger partial charge in [0, 0.05) is 6.54 Å². The third-order valence-corrected chi connectivity index (χ3v) is 2.38. The van der Waals surface area contributed by atoms with Crippen molar-refractivity contribution < 1.29 is 0 Å². The first-order chi connectivity index (χ1) is 6.77. The Morgan fingerprint density at radius 1 is 0.857 bits per heavy atom. The lowest BCUT2D eigenvalue weighted by Gasteiger charge is -2.05.